The molecule has 90 valence electrons. The lowest BCUT2D eigenvalue weighted by Crippen LogP contribution is -2.31. The smallest absolute Gasteiger partial charge is 0.411 e. The molecule has 0 heterocycles. The molecule has 1 N–H and O–H groups in total. The van der Waals surface area contributed by atoms with Gasteiger partial charge in [0.05, 0.1) is 0 Å². The summed E-state index contributed by atoms with van der Waals surface area (Å²) in [5, 5.41) is 2.59. The van der Waals surface area contributed by atoms with E-state index in [0.29, 0.717) is 5.70 Å². The number of aliphatic imine (C=N–C) groups is 1. The molecule has 0 atom stereocenters. The standard InChI is InChI=1S/C11H17BrN2O2/c1-8(6-9(12)7-13-5)14-10(15)16-11(2,3)4/h6-7H,5H2,1-4H3,(H,14,15)/b8-6+,9-7+. The van der Waals surface area contributed by atoms with E-state index < -0.39 is 11.7 Å². The molecule has 0 fully saturated rings. The van der Waals surface area contributed by atoms with Gasteiger partial charge in [-0.05, 0) is 56.4 Å². The summed E-state index contributed by atoms with van der Waals surface area (Å²) < 4.78 is 5.81. The maximum atomic E-state index is 11.4. The van der Waals surface area contributed by atoms with E-state index in [-0.39, 0.29) is 0 Å². The molecule has 0 saturated heterocycles. The molecule has 16 heavy (non-hydrogen) atoms. The number of ether oxygens (including phenoxy) is 1. The van der Waals surface area contributed by atoms with Gasteiger partial charge in [-0.2, -0.15) is 0 Å². The van der Waals surface area contributed by atoms with Gasteiger partial charge in [0.15, 0.2) is 0 Å². The van der Waals surface area contributed by atoms with Gasteiger partial charge in [-0.15, -0.1) is 0 Å². The van der Waals surface area contributed by atoms with E-state index in [1.54, 1.807) is 13.0 Å². The quantitative estimate of drug-likeness (QED) is 0.640. The molecule has 0 bridgehead atoms. The van der Waals surface area contributed by atoms with Crippen LogP contribution >= 0.6 is 15.9 Å². The van der Waals surface area contributed by atoms with E-state index in [0.717, 1.165) is 4.48 Å². The van der Waals surface area contributed by atoms with Gasteiger partial charge < -0.3 is 4.74 Å². The Hall–Kier alpha value is -1.10. The van der Waals surface area contributed by atoms with E-state index in [1.165, 1.54) is 6.20 Å². The van der Waals surface area contributed by atoms with Crippen LogP contribution in [0.25, 0.3) is 0 Å². The molecule has 0 aromatic carbocycles. The normalized spacial score (nSPS) is 13.3. The number of carbonyl (C=O) groups excluding carboxylic acids is 1. The SMILES string of the molecule is C=N/C=C(Br)\C=C(/C)NC(=O)OC(C)(C)C. The maximum Gasteiger partial charge on any atom is 0.411 e. The zero-order chi connectivity index (χ0) is 12.8. The van der Waals surface area contributed by atoms with E-state index in [4.69, 9.17) is 4.74 Å². The summed E-state index contributed by atoms with van der Waals surface area (Å²) in [6.45, 7) is 10.5. The minimum atomic E-state index is -0.500. The van der Waals surface area contributed by atoms with Crippen LogP contribution < -0.4 is 5.32 Å². The monoisotopic (exact) mass is 288 g/mol. The molecule has 0 rings (SSSR count). The van der Waals surface area contributed by atoms with Crippen molar-refractivity contribution in [3.63, 3.8) is 0 Å². The minimum Gasteiger partial charge on any atom is -0.444 e. The Morgan fingerprint density at radius 1 is 1.50 bits per heavy atom. The van der Waals surface area contributed by atoms with Gasteiger partial charge in [0.25, 0.3) is 0 Å². The van der Waals surface area contributed by atoms with E-state index >= 15 is 0 Å². The Kier molecular flexibility index (Phi) is 6.03. The van der Waals surface area contributed by atoms with E-state index in [2.05, 4.69) is 33.0 Å². The number of allylic oxidation sites excluding steroid dienone is 3. The van der Waals surface area contributed by atoms with Gasteiger partial charge in [0.1, 0.15) is 5.60 Å². The van der Waals surface area contributed by atoms with Crippen molar-refractivity contribution in [2.75, 3.05) is 0 Å². The molecule has 0 aliphatic rings. The van der Waals surface area contributed by atoms with E-state index in [1.807, 2.05) is 20.8 Å². The molecule has 0 unspecified atom stereocenters. The zero-order valence-electron chi connectivity index (χ0n) is 10.0. The molecular weight excluding hydrogens is 272 g/mol. The average molecular weight is 289 g/mol. The number of rotatable bonds is 3. The fourth-order valence-corrected chi connectivity index (χ4v) is 1.32. The number of hydrogen-bond acceptors (Lipinski definition) is 3. The molecule has 4 nitrogen and oxygen atoms in total. The van der Waals surface area contributed by atoms with Crippen LogP contribution in [0.15, 0.2) is 27.4 Å². The van der Waals surface area contributed by atoms with Crippen LogP contribution in [0.3, 0.4) is 0 Å². The maximum absolute atomic E-state index is 11.4. The van der Waals surface area contributed by atoms with Crippen molar-refractivity contribution in [3.8, 4) is 0 Å². The molecular formula is C11H17BrN2O2. The predicted octanol–water partition coefficient (Wildman–Crippen LogP) is 3.35. The van der Waals surface area contributed by atoms with Crippen molar-refractivity contribution < 1.29 is 9.53 Å². The van der Waals surface area contributed by atoms with Crippen LogP contribution in [-0.4, -0.2) is 18.4 Å². The highest BCUT2D eigenvalue weighted by Gasteiger charge is 2.15. The van der Waals surface area contributed by atoms with Crippen molar-refractivity contribution in [1.29, 1.82) is 0 Å². The summed E-state index contributed by atoms with van der Waals surface area (Å²) in [4.78, 5) is 14.9. The van der Waals surface area contributed by atoms with Crippen molar-refractivity contribution >= 4 is 28.7 Å². The second kappa shape index (κ2) is 6.48. The Morgan fingerprint density at radius 3 is 2.50 bits per heavy atom. The Bertz CT molecular complexity index is 327. The summed E-state index contributed by atoms with van der Waals surface area (Å²) in [6.07, 6.45) is 2.76. The first-order chi connectivity index (χ1) is 7.24. The highest BCUT2D eigenvalue weighted by Crippen LogP contribution is 2.10. The average Bonchev–Trinajstić information content (AvgIpc) is 1.98. The number of carbonyl (C=O) groups is 1. The third kappa shape index (κ3) is 8.23. The molecule has 0 aromatic heterocycles. The van der Waals surface area contributed by atoms with Gasteiger partial charge in [-0.3, -0.25) is 10.3 Å². The van der Waals surface area contributed by atoms with Crippen LogP contribution in [0.1, 0.15) is 27.7 Å². The zero-order valence-corrected chi connectivity index (χ0v) is 11.6. The van der Waals surface area contributed by atoms with E-state index in [9.17, 15) is 4.79 Å². The van der Waals surface area contributed by atoms with Crippen LogP contribution in [0, 0.1) is 0 Å². The molecule has 5 heteroatoms. The van der Waals surface area contributed by atoms with Crippen LogP contribution in [0.4, 0.5) is 4.79 Å². The van der Waals surface area contributed by atoms with Gasteiger partial charge >= 0.3 is 6.09 Å². The predicted molar refractivity (Wildman–Crippen MR) is 69.7 cm³/mol. The molecule has 0 aromatic rings. The molecule has 1 amide bonds. The molecule has 0 saturated carbocycles. The Labute approximate surface area is 105 Å². The lowest BCUT2D eigenvalue weighted by Gasteiger charge is -2.19. The Morgan fingerprint density at radius 2 is 2.06 bits per heavy atom. The van der Waals surface area contributed by atoms with Crippen molar-refractivity contribution in [2.45, 2.75) is 33.3 Å². The van der Waals surface area contributed by atoms with Crippen molar-refractivity contribution in [1.82, 2.24) is 5.32 Å². The number of hydrogen-bond donors (Lipinski definition) is 1. The number of nitrogens with zero attached hydrogens (tertiary/aromatic N) is 1. The lowest BCUT2D eigenvalue weighted by atomic mass is 10.2. The fourth-order valence-electron chi connectivity index (χ4n) is 0.832. The topological polar surface area (TPSA) is 50.7 Å². The molecule has 0 aliphatic carbocycles. The van der Waals surface area contributed by atoms with Gasteiger partial charge in [-0.1, -0.05) is 0 Å². The largest absolute Gasteiger partial charge is 0.444 e. The number of alkyl carbamates (subject to hydrolysis) is 1. The first-order valence-electron chi connectivity index (χ1n) is 4.74. The van der Waals surface area contributed by atoms with Gasteiger partial charge in [0, 0.05) is 16.4 Å². The third-order valence-electron chi connectivity index (χ3n) is 1.27. The van der Waals surface area contributed by atoms with Crippen LogP contribution in [0.2, 0.25) is 0 Å². The highest BCUT2D eigenvalue weighted by molar-refractivity contribution is 9.11. The Balaban J connectivity index is 4.35. The molecule has 0 aliphatic heterocycles. The van der Waals surface area contributed by atoms with Crippen molar-refractivity contribution in [3.05, 3.63) is 22.5 Å². The van der Waals surface area contributed by atoms with Gasteiger partial charge in [-0.25, -0.2) is 4.79 Å². The number of halogens is 1. The highest BCUT2D eigenvalue weighted by atomic mass is 79.9. The number of amides is 1. The minimum absolute atomic E-state index is 0.479. The number of nitrogens with one attached hydrogen (secondary N) is 1. The summed E-state index contributed by atoms with van der Waals surface area (Å²) in [5.74, 6) is 0. The second-order valence-electron chi connectivity index (χ2n) is 4.15. The summed E-state index contributed by atoms with van der Waals surface area (Å²) in [5.41, 5.74) is 0.154. The first-order valence-corrected chi connectivity index (χ1v) is 5.53. The molecule has 0 radical (unpaired) electrons. The van der Waals surface area contributed by atoms with Crippen LogP contribution in [0.5, 0.6) is 0 Å². The molecule has 0 spiro atoms. The third-order valence-corrected chi connectivity index (χ3v) is 1.70. The van der Waals surface area contributed by atoms with Crippen molar-refractivity contribution in [2.24, 2.45) is 4.99 Å². The summed E-state index contributed by atoms with van der Waals surface area (Å²) >= 11 is 3.25. The lowest BCUT2D eigenvalue weighted by molar-refractivity contribution is 0.0546. The summed E-state index contributed by atoms with van der Waals surface area (Å²) in [6, 6.07) is 0. The first kappa shape index (κ1) is 14.9. The van der Waals surface area contributed by atoms with Crippen LogP contribution in [-0.2, 0) is 4.74 Å². The summed E-state index contributed by atoms with van der Waals surface area (Å²) in [7, 11) is 0. The van der Waals surface area contributed by atoms with Gasteiger partial charge in [0.2, 0.25) is 0 Å². The fraction of sp³-hybridized carbons (Fsp3) is 0.455. The second-order valence-corrected chi connectivity index (χ2v) is 5.07.